The summed E-state index contributed by atoms with van der Waals surface area (Å²) in [5, 5.41) is 10.2. The summed E-state index contributed by atoms with van der Waals surface area (Å²) in [5.41, 5.74) is 0.681. The van der Waals surface area contributed by atoms with Crippen molar-refractivity contribution in [3.8, 4) is 5.75 Å². The minimum Gasteiger partial charge on any atom is -0.493 e. The first-order chi connectivity index (χ1) is 8.33. The summed E-state index contributed by atoms with van der Waals surface area (Å²) in [4.78, 5) is 8.08. The zero-order valence-corrected chi connectivity index (χ0v) is 9.58. The molecule has 0 aliphatic rings. The molecule has 1 N–H and O–H groups in total. The van der Waals surface area contributed by atoms with Crippen LogP contribution in [0.4, 0.5) is 0 Å². The van der Waals surface area contributed by atoms with E-state index in [1.807, 2.05) is 31.2 Å². The molecule has 2 aromatic rings. The van der Waals surface area contributed by atoms with Crippen molar-refractivity contribution in [2.45, 2.75) is 13.0 Å². The van der Waals surface area contributed by atoms with Crippen molar-refractivity contribution in [1.29, 1.82) is 0 Å². The van der Waals surface area contributed by atoms with Gasteiger partial charge in [0, 0.05) is 18.0 Å². The van der Waals surface area contributed by atoms with Crippen LogP contribution in [0.25, 0.3) is 0 Å². The zero-order valence-electron chi connectivity index (χ0n) is 9.58. The van der Waals surface area contributed by atoms with Gasteiger partial charge in [0.1, 0.15) is 11.9 Å². The van der Waals surface area contributed by atoms with Gasteiger partial charge in [-0.25, -0.2) is 9.97 Å². The molecule has 17 heavy (non-hydrogen) atoms. The second kappa shape index (κ2) is 5.41. The van der Waals surface area contributed by atoms with E-state index >= 15 is 0 Å². The first-order valence-corrected chi connectivity index (χ1v) is 5.49. The lowest BCUT2D eigenvalue weighted by molar-refractivity contribution is 0.202. The number of nitrogens with zero attached hydrogens (tertiary/aromatic N) is 2. The van der Waals surface area contributed by atoms with Gasteiger partial charge in [-0.1, -0.05) is 18.2 Å². The van der Waals surface area contributed by atoms with Crippen molar-refractivity contribution in [3.05, 3.63) is 54.1 Å². The van der Waals surface area contributed by atoms with Crippen LogP contribution in [-0.4, -0.2) is 21.7 Å². The molecule has 88 valence electrons. The van der Waals surface area contributed by atoms with E-state index < -0.39 is 6.10 Å². The highest BCUT2D eigenvalue weighted by Gasteiger charge is 2.17. The summed E-state index contributed by atoms with van der Waals surface area (Å²) in [6.07, 6.45) is 2.35. The van der Waals surface area contributed by atoms with Gasteiger partial charge in [-0.15, -0.1) is 0 Å². The summed E-state index contributed by atoms with van der Waals surface area (Å²) >= 11 is 0. The number of aromatic nitrogens is 2. The minimum absolute atomic E-state index is 0.375. The Morgan fingerprint density at radius 2 is 1.88 bits per heavy atom. The molecular weight excluding hydrogens is 216 g/mol. The number of aliphatic hydroxyl groups is 1. The first-order valence-electron chi connectivity index (χ1n) is 5.49. The summed E-state index contributed by atoms with van der Waals surface area (Å²) < 4.78 is 5.46. The van der Waals surface area contributed by atoms with Crippen molar-refractivity contribution < 1.29 is 9.84 Å². The molecule has 0 aliphatic heterocycles. The molecule has 1 unspecified atom stereocenters. The summed E-state index contributed by atoms with van der Waals surface area (Å²) in [6.45, 7) is 2.46. The quantitative estimate of drug-likeness (QED) is 0.872. The van der Waals surface area contributed by atoms with Gasteiger partial charge in [0.2, 0.25) is 0 Å². The Morgan fingerprint density at radius 3 is 2.59 bits per heavy atom. The lowest BCUT2D eigenvalue weighted by Crippen LogP contribution is -2.07. The van der Waals surface area contributed by atoms with Crippen molar-refractivity contribution in [3.63, 3.8) is 0 Å². The molecule has 2 rings (SSSR count). The van der Waals surface area contributed by atoms with E-state index in [1.54, 1.807) is 18.5 Å². The molecule has 0 spiro atoms. The molecule has 0 saturated carbocycles. The molecule has 0 bridgehead atoms. The SMILES string of the molecule is CCOc1ccccc1C(O)c1ncccn1. The van der Waals surface area contributed by atoms with Crippen LogP contribution in [0.1, 0.15) is 24.4 Å². The van der Waals surface area contributed by atoms with Gasteiger partial charge >= 0.3 is 0 Å². The van der Waals surface area contributed by atoms with E-state index in [4.69, 9.17) is 4.74 Å². The topological polar surface area (TPSA) is 55.2 Å². The Bertz CT molecular complexity index is 474. The van der Waals surface area contributed by atoms with E-state index in [0.717, 1.165) is 0 Å². The lowest BCUT2D eigenvalue weighted by Gasteiger charge is -2.14. The molecule has 0 fully saturated rings. The smallest absolute Gasteiger partial charge is 0.161 e. The third-order valence-corrected chi connectivity index (χ3v) is 2.34. The molecule has 1 aromatic heterocycles. The number of aliphatic hydroxyl groups excluding tert-OH is 1. The maximum atomic E-state index is 10.2. The van der Waals surface area contributed by atoms with Crippen molar-refractivity contribution >= 4 is 0 Å². The number of rotatable bonds is 4. The van der Waals surface area contributed by atoms with Crippen molar-refractivity contribution in [2.24, 2.45) is 0 Å². The van der Waals surface area contributed by atoms with E-state index in [-0.39, 0.29) is 0 Å². The Balaban J connectivity index is 2.33. The molecule has 4 heteroatoms. The van der Waals surface area contributed by atoms with Crippen LogP contribution < -0.4 is 4.74 Å². The number of benzene rings is 1. The maximum absolute atomic E-state index is 10.2. The monoisotopic (exact) mass is 230 g/mol. The zero-order chi connectivity index (χ0) is 12.1. The highest BCUT2D eigenvalue weighted by atomic mass is 16.5. The van der Waals surface area contributed by atoms with Crippen LogP contribution in [0.15, 0.2) is 42.7 Å². The molecule has 1 atom stereocenters. The van der Waals surface area contributed by atoms with Crippen LogP contribution in [0.5, 0.6) is 5.75 Å². The van der Waals surface area contributed by atoms with Crippen LogP contribution >= 0.6 is 0 Å². The molecule has 4 nitrogen and oxygen atoms in total. The largest absolute Gasteiger partial charge is 0.493 e. The van der Waals surface area contributed by atoms with E-state index in [0.29, 0.717) is 23.7 Å². The predicted octanol–water partition coefficient (Wildman–Crippen LogP) is 1.96. The Kier molecular flexibility index (Phi) is 3.67. The molecule has 1 heterocycles. The summed E-state index contributed by atoms with van der Waals surface area (Å²) in [6, 6.07) is 9.07. The van der Waals surface area contributed by atoms with Gasteiger partial charge in [0.15, 0.2) is 5.82 Å². The average molecular weight is 230 g/mol. The van der Waals surface area contributed by atoms with E-state index in [2.05, 4.69) is 9.97 Å². The molecule has 0 saturated heterocycles. The fraction of sp³-hybridized carbons (Fsp3) is 0.231. The molecule has 0 radical (unpaired) electrons. The molecule has 0 amide bonds. The third kappa shape index (κ3) is 2.60. The van der Waals surface area contributed by atoms with Crippen LogP contribution in [0.2, 0.25) is 0 Å². The summed E-state index contributed by atoms with van der Waals surface area (Å²) in [7, 11) is 0. The Hall–Kier alpha value is -1.94. The van der Waals surface area contributed by atoms with Gasteiger partial charge in [-0.3, -0.25) is 0 Å². The van der Waals surface area contributed by atoms with E-state index in [9.17, 15) is 5.11 Å². The number of ether oxygens (including phenoxy) is 1. The standard InChI is InChI=1S/C13H14N2O2/c1-2-17-11-7-4-3-6-10(11)12(16)13-14-8-5-9-15-13/h3-9,12,16H,2H2,1H3. The highest BCUT2D eigenvalue weighted by molar-refractivity contribution is 5.37. The van der Waals surface area contributed by atoms with Crippen molar-refractivity contribution in [2.75, 3.05) is 6.61 Å². The fourth-order valence-electron chi connectivity index (χ4n) is 1.58. The first kappa shape index (κ1) is 11.5. The van der Waals surface area contributed by atoms with Gasteiger partial charge in [0.05, 0.1) is 6.61 Å². The number of hydrogen-bond donors (Lipinski definition) is 1. The van der Waals surface area contributed by atoms with Gasteiger partial charge in [0.25, 0.3) is 0 Å². The maximum Gasteiger partial charge on any atom is 0.161 e. The average Bonchev–Trinajstić information content (AvgIpc) is 2.40. The number of hydrogen-bond acceptors (Lipinski definition) is 4. The molecular formula is C13H14N2O2. The number of para-hydroxylation sites is 1. The Morgan fingerprint density at radius 1 is 1.18 bits per heavy atom. The predicted molar refractivity (Wildman–Crippen MR) is 63.7 cm³/mol. The van der Waals surface area contributed by atoms with Crippen LogP contribution in [-0.2, 0) is 0 Å². The summed E-state index contributed by atoms with van der Waals surface area (Å²) in [5.74, 6) is 1.04. The van der Waals surface area contributed by atoms with Gasteiger partial charge in [-0.2, -0.15) is 0 Å². The van der Waals surface area contributed by atoms with Crippen LogP contribution in [0.3, 0.4) is 0 Å². The normalized spacial score (nSPS) is 12.1. The van der Waals surface area contributed by atoms with Gasteiger partial charge < -0.3 is 9.84 Å². The fourth-order valence-corrected chi connectivity index (χ4v) is 1.58. The lowest BCUT2D eigenvalue weighted by atomic mass is 10.1. The second-order valence-corrected chi connectivity index (χ2v) is 3.48. The molecule has 1 aromatic carbocycles. The second-order valence-electron chi connectivity index (χ2n) is 3.48. The minimum atomic E-state index is -0.862. The Labute approximate surface area is 99.9 Å². The van der Waals surface area contributed by atoms with Crippen molar-refractivity contribution in [1.82, 2.24) is 9.97 Å². The highest BCUT2D eigenvalue weighted by Crippen LogP contribution is 2.27. The van der Waals surface area contributed by atoms with Gasteiger partial charge in [-0.05, 0) is 19.1 Å². The van der Waals surface area contributed by atoms with Crippen LogP contribution in [0, 0.1) is 0 Å². The molecule has 0 aliphatic carbocycles. The van der Waals surface area contributed by atoms with E-state index in [1.165, 1.54) is 0 Å². The third-order valence-electron chi connectivity index (χ3n) is 2.34.